The van der Waals surface area contributed by atoms with E-state index in [1.165, 1.54) is 42.5 Å². The van der Waals surface area contributed by atoms with Crippen LogP contribution in [0.15, 0.2) is 78.9 Å². The molecule has 0 saturated carbocycles. The van der Waals surface area contributed by atoms with Gasteiger partial charge in [-0.2, -0.15) is 0 Å². The van der Waals surface area contributed by atoms with E-state index in [1.807, 2.05) is 113 Å². The highest BCUT2D eigenvalue weighted by Crippen LogP contribution is 2.35. The smallest absolute Gasteiger partial charge is 0.306 e. The number of rotatable bonds is 33. The van der Waals surface area contributed by atoms with E-state index in [4.69, 9.17) is 24.1 Å². The second kappa shape index (κ2) is 51.4. The molecule has 1 saturated heterocycles. The molecule has 1 fully saturated rings. The Balaban J connectivity index is -0.000000341. The average Bonchev–Trinajstić information content (AvgIpc) is 1.21. The van der Waals surface area contributed by atoms with Crippen LogP contribution < -0.4 is 0 Å². The monoisotopic (exact) mass is 1350 g/mol. The van der Waals surface area contributed by atoms with Crippen molar-refractivity contribution in [1.29, 1.82) is 0 Å². The van der Waals surface area contributed by atoms with Gasteiger partial charge in [0.2, 0.25) is 5.91 Å². The van der Waals surface area contributed by atoms with Gasteiger partial charge in [-0.15, -0.1) is 0 Å². The number of aliphatic hydroxyl groups is 2. The van der Waals surface area contributed by atoms with Crippen molar-refractivity contribution in [3.05, 3.63) is 84.5 Å². The number of esters is 5. The van der Waals surface area contributed by atoms with Crippen molar-refractivity contribution >= 4 is 47.3 Å². The maximum absolute atomic E-state index is 12.4. The number of benzene rings is 1. The van der Waals surface area contributed by atoms with Gasteiger partial charge in [0.05, 0.1) is 91.6 Å². The number of methoxy groups -OCH3 is 7. The van der Waals surface area contributed by atoms with E-state index in [0.717, 1.165) is 34.3 Å². The topological polar surface area (TPSA) is 254 Å². The first-order valence-corrected chi connectivity index (χ1v) is 32.9. The van der Waals surface area contributed by atoms with Crippen LogP contribution in [-0.2, 0) is 76.3 Å². The van der Waals surface area contributed by atoms with Crippen molar-refractivity contribution in [2.45, 2.75) is 207 Å². The lowest BCUT2D eigenvalue weighted by Gasteiger charge is -2.35. The maximum Gasteiger partial charge on any atom is 0.306 e. The predicted molar refractivity (Wildman–Crippen MR) is 380 cm³/mol. The van der Waals surface area contributed by atoms with Crippen LogP contribution in [0, 0.1) is 71.0 Å². The third-order valence-corrected chi connectivity index (χ3v) is 17.0. The molecular formula is C76H133NO18. The zero-order valence-corrected chi connectivity index (χ0v) is 62.9. The number of ketones is 2. The molecule has 0 aromatic heterocycles. The van der Waals surface area contributed by atoms with Gasteiger partial charge >= 0.3 is 29.8 Å². The number of hydrogen-bond donors (Lipinski definition) is 2. The molecule has 8 atom stereocenters. The Morgan fingerprint density at radius 2 is 0.968 bits per heavy atom. The van der Waals surface area contributed by atoms with Crippen LogP contribution in [0.1, 0.15) is 196 Å². The maximum atomic E-state index is 12.4. The third-order valence-electron chi connectivity index (χ3n) is 17.0. The summed E-state index contributed by atoms with van der Waals surface area (Å²) >= 11 is 0. The number of aliphatic hydroxyl groups excluding tert-OH is 1. The van der Waals surface area contributed by atoms with Gasteiger partial charge in [-0.1, -0.05) is 169 Å². The highest BCUT2D eigenvalue weighted by atomic mass is 16.5. The van der Waals surface area contributed by atoms with Crippen LogP contribution in [0.5, 0.6) is 0 Å². The highest BCUT2D eigenvalue weighted by Gasteiger charge is 2.37. The fraction of sp³-hybridized carbons (Fsp3) is 0.711. The molecule has 19 nitrogen and oxygen atoms in total. The van der Waals surface area contributed by atoms with Crippen LogP contribution in [0.3, 0.4) is 0 Å². The van der Waals surface area contributed by atoms with Crippen LogP contribution in [-0.4, -0.2) is 156 Å². The Labute approximate surface area is 575 Å². The Morgan fingerprint density at radius 3 is 1.31 bits per heavy atom. The summed E-state index contributed by atoms with van der Waals surface area (Å²) in [4.78, 5) is 93.9. The summed E-state index contributed by atoms with van der Waals surface area (Å²) in [6.45, 7) is 54.3. The molecule has 1 aromatic carbocycles. The van der Waals surface area contributed by atoms with Crippen molar-refractivity contribution < 1.29 is 86.5 Å². The molecule has 0 aliphatic carbocycles. The molecule has 8 unspecified atom stereocenters. The van der Waals surface area contributed by atoms with Gasteiger partial charge in [-0.05, 0) is 95.5 Å². The number of hydrogen-bond acceptors (Lipinski definition) is 18. The van der Waals surface area contributed by atoms with Gasteiger partial charge in [0.1, 0.15) is 11.8 Å². The van der Waals surface area contributed by atoms with E-state index >= 15 is 0 Å². The largest absolute Gasteiger partial charge is 0.469 e. The quantitative estimate of drug-likeness (QED) is 0.0377. The minimum Gasteiger partial charge on any atom is -0.469 e. The van der Waals surface area contributed by atoms with E-state index in [-0.39, 0.29) is 134 Å². The van der Waals surface area contributed by atoms with Gasteiger partial charge in [0.15, 0.2) is 5.78 Å². The van der Waals surface area contributed by atoms with Crippen molar-refractivity contribution in [3.63, 3.8) is 0 Å². The van der Waals surface area contributed by atoms with Crippen molar-refractivity contribution in [2.75, 3.05) is 76.1 Å². The number of ether oxygens (including phenoxy) is 8. The molecule has 2 rings (SSSR count). The minimum absolute atomic E-state index is 0. The number of carbonyl (C=O) groups is 8. The molecule has 1 aliphatic rings. The van der Waals surface area contributed by atoms with Crippen molar-refractivity contribution in [1.82, 2.24) is 4.90 Å². The molecule has 0 radical (unpaired) electrons. The molecule has 1 heterocycles. The molecule has 1 aliphatic heterocycles. The minimum atomic E-state index is -0.949. The summed E-state index contributed by atoms with van der Waals surface area (Å²) in [7, 11) is 10.2. The van der Waals surface area contributed by atoms with E-state index in [1.54, 1.807) is 33.0 Å². The summed E-state index contributed by atoms with van der Waals surface area (Å²) < 4.78 is 39.2. The molecule has 19 heteroatoms. The number of amides is 1. The molecule has 0 bridgehead atoms. The van der Waals surface area contributed by atoms with Gasteiger partial charge in [-0.3, -0.25) is 38.4 Å². The Morgan fingerprint density at radius 1 is 0.568 bits per heavy atom. The summed E-state index contributed by atoms with van der Waals surface area (Å²) in [5.41, 5.74) is 3.48. The van der Waals surface area contributed by atoms with Crippen LogP contribution in [0.25, 0.3) is 0 Å². The predicted octanol–water partition coefficient (Wildman–Crippen LogP) is 14.0. The molecule has 2 N–H and O–H groups in total. The summed E-state index contributed by atoms with van der Waals surface area (Å²) in [5, 5.41) is 18.8. The standard InChI is InChI=1S/C15H21NO2.C13H24O3.C12H20O4.2C12H22O3.C11H20O3.CH4/c1-5-16(12(4)17)14(15(18)11(2)3)13-9-7-6-8-10-13;1-9(2)10(3)11(8-12(14)15-6)13(4,5)16-7;1-8(2)12(14)10(6-11(13)15-3)9-4-5-16-7-9;1-8(2)9(3)10(12(4,5)14)7-11(13)15-6;1-8(2)9(3)11(10(4)14-5)7-12(13)15-6;1-8(2)9(3)10(5-6-12)7-11(13)14-4;/h6-11,14H,5H2,1-4H3;9,11H,3,8H2,1-2,4-7H3;8-10H,4-7H2,1-3H3;8,10,14H,3,7H2,1-2,4-6H3;8,10-11H,3,7H2,1-2,4-6H3;8,10,12H,3,5-7H2,1-2,4H3;1H4. The van der Waals surface area contributed by atoms with Gasteiger partial charge in [0, 0.05) is 76.4 Å². The number of Topliss-reactive ketones (excluding diaryl/α,β-unsaturated/α-hetero) is 2. The molecule has 550 valence electrons. The van der Waals surface area contributed by atoms with Crippen LogP contribution >= 0.6 is 0 Å². The number of carbonyl (C=O) groups excluding carboxylic acids is 8. The molecular weight excluding hydrogens is 1210 g/mol. The van der Waals surface area contributed by atoms with Crippen LogP contribution in [0.2, 0.25) is 0 Å². The Hall–Kier alpha value is -5.86. The second-order valence-corrected chi connectivity index (χ2v) is 26.6. The van der Waals surface area contributed by atoms with Crippen molar-refractivity contribution in [3.8, 4) is 0 Å². The summed E-state index contributed by atoms with van der Waals surface area (Å²) in [6.07, 6.45) is 2.74. The van der Waals surface area contributed by atoms with Crippen molar-refractivity contribution in [2.24, 2.45) is 71.0 Å². The SMILES string of the molecule is C.C=C(C(C)C)C(CC(=O)OC)C(C)(C)O.C=C(C(C)C)C(CC(=O)OC)C(C)(C)OC.C=C(C(C)C)C(CC(=O)OC)C(C)OC.C=C(C(C)C)C(CCO)CC(=O)OC.CCN(C(C)=O)C(C(=O)C(C)C)c1ccccc1.COC(=O)CC(C(=O)C(C)C)C1CCOC1. The third kappa shape index (κ3) is 39.2. The Kier molecular flexibility index (Phi) is 52.9. The molecule has 95 heavy (non-hydrogen) atoms. The Bertz CT molecular complexity index is 2430. The normalized spacial score (nSPS) is 14.7. The van der Waals surface area contributed by atoms with Gasteiger partial charge in [0.25, 0.3) is 0 Å². The summed E-state index contributed by atoms with van der Waals surface area (Å²) in [5.74, 6) is -0.349. The molecule has 0 spiro atoms. The molecule has 1 aromatic rings. The van der Waals surface area contributed by atoms with Gasteiger partial charge in [-0.25, -0.2) is 0 Å². The molecule has 1 amide bonds. The zero-order chi connectivity index (χ0) is 74.1. The van der Waals surface area contributed by atoms with E-state index in [0.29, 0.717) is 63.2 Å². The fourth-order valence-electron chi connectivity index (χ4n) is 9.99. The van der Waals surface area contributed by atoms with Gasteiger partial charge < -0.3 is 53.0 Å². The first-order chi connectivity index (χ1) is 43.5. The number of nitrogens with zero attached hydrogens (tertiary/aromatic N) is 1. The second-order valence-electron chi connectivity index (χ2n) is 26.6. The zero-order valence-electron chi connectivity index (χ0n) is 62.9. The fourth-order valence-corrected chi connectivity index (χ4v) is 9.99. The lowest BCUT2D eigenvalue weighted by atomic mass is 9.78. The first-order valence-electron chi connectivity index (χ1n) is 32.9. The average molecular weight is 1350 g/mol. The lowest BCUT2D eigenvalue weighted by molar-refractivity contribution is -0.145. The number of allylic oxidation sites excluding steroid dienone is 1. The van der Waals surface area contributed by atoms with E-state index in [2.05, 4.69) is 73.0 Å². The van der Waals surface area contributed by atoms with E-state index < -0.39 is 17.2 Å². The number of likely N-dealkylation sites (N-methyl/N-ethyl adjacent to an activating group) is 1. The highest BCUT2D eigenvalue weighted by molar-refractivity contribution is 5.91. The van der Waals surface area contributed by atoms with E-state index in [9.17, 15) is 43.5 Å². The summed E-state index contributed by atoms with van der Waals surface area (Å²) in [6, 6.07) is 9.03. The first kappa shape index (κ1) is 97.8. The van der Waals surface area contributed by atoms with Crippen LogP contribution in [0.4, 0.5) is 0 Å². The lowest BCUT2D eigenvalue weighted by Crippen LogP contribution is -2.39.